The van der Waals surface area contributed by atoms with E-state index in [1.165, 1.54) is 17.5 Å². The van der Waals surface area contributed by atoms with Gasteiger partial charge in [-0.15, -0.1) is 0 Å². The average Bonchev–Trinajstić information content (AvgIpc) is 3.27. The Labute approximate surface area is 171 Å². The lowest BCUT2D eigenvalue weighted by Crippen LogP contribution is -2.27. The van der Waals surface area contributed by atoms with Crippen LogP contribution in [0.2, 0.25) is 0 Å². The molecule has 4 rings (SSSR count). The van der Waals surface area contributed by atoms with Gasteiger partial charge < -0.3 is 4.74 Å². The molecule has 2 aromatic carbocycles. The van der Waals surface area contributed by atoms with E-state index in [1.54, 1.807) is 7.11 Å². The van der Waals surface area contributed by atoms with Crippen LogP contribution in [0.5, 0.6) is 5.75 Å². The second-order valence-electron chi connectivity index (χ2n) is 7.39. The minimum Gasteiger partial charge on any atom is -0.497 e. The van der Waals surface area contributed by atoms with E-state index in [0.717, 1.165) is 35.0 Å². The van der Waals surface area contributed by atoms with Gasteiger partial charge >= 0.3 is 0 Å². The summed E-state index contributed by atoms with van der Waals surface area (Å²) in [4.78, 5) is 2.46. The molecule has 5 nitrogen and oxygen atoms in total. The van der Waals surface area contributed by atoms with Crippen LogP contribution in [0.25, 0.3) is 5.69 Å². The summed E-state index contributed by atoms with van der Waals surface area (Å²) in [6, 6.07) is 17.2. The average molecular weight is 395 g/mol. The Morgan fingerprint density at radius 3 is 2.46 bits per heavy atom. The largest absolute Gasteiger partial charge is 0.497 e. The first-order chi connectivity index (χ1) is 13.6. The Bertz CT molecular complexity index is 1000. The van der Waals surface area contributed by atoms with Crippen LogP contribution in [0.4, 0.5) is 0 Å². The lowest BCUT2D eigenvalue weighted by Gasteiger charge is -2.24. The molecule has 1 fully saturated rings. The lowest BCUT2D eigenvalue weighted by molar-refractivity contribution is 0.189. The number of ether oxygens (including phenoxy) is 1. The molecule has 1 aromatic heterocycles. The fourth-order valence-electron chi connectivity index (χ4n) is 3.97. The van der Waals surface area contributed by atoms with Gasteiger partial charge in [-0.3, -0.25) is 9.47 Å². The molecule has 0 bridgehead atoms. The smallest absolute Gasteiger partial charge is 0.203 e. The third kappa shape index (κ3) is 3.62. The van der Waals surface area contributed by atoms with Crippen LogP contribution in [0.15, 0.2) is 48.5 Å². The summed E-state index contributed by atoms with van der Waals surface area (Å²) in [6.07, 6.45) is 2.33. The molecule has 0 N–H and O–H groups in total. The highest BCUT2D eigenvalue weighted by Crippen LogP contribution is 2.33. The normalized spacial score (nSPS) is 17.2. The van der Waals surface area contributed by atoms with E-state index in [-0.39, 0.29) is 0 Å². The van der Waals surface area contributed by atoms with E-state index in [2.05, 4.69) is 48.2 Å². The van der Waals surface area contributed by atoms with Gasteiger partial charge in [0.15, 0.2) is 0 Å². The van der Waals surface area contributed by atoms with Gasteiger partial charge in [0.25, 0.3) is 0 Å². The number of aromatic nitrogens is 3. The summed E-state index contributed by atoms with van der Waals surface area (Å²) >= 11 is 5.77. The predicted octanol–water partition coefficient (Wildman–Crippen LogP) is 4.82. The van der Waals surface area contributed by atoms with Crippen molar-refractivity contribution in [1.82, 2.24) is 19.2 Å². The predicted molar refractivity (Wildman–Crippen MR) is 114 cm³/mol. The molecule has 1 aliphatic rings. The van der Waals surface area contributed by atoms with Crippen molar-refractivity contribution in [3.05, 3.63) is 70.3 Å². The second-order valence-corrected chi connectivity index (χ2v) is 7.75. The van der Waals surface area contributed by atoms with Crippen LogP contribution in [0, 0.1) is 18.6 Å². The van der Waals surface area contributed by atoms with E-state index in [1.807, 2.05) is 28.3 Å². The zero-order valence-corrected chi connectivity index (χ0v) is 17.4. The van der Waals surface area contributed by atoms with Crippen molar-refractivity contribution in [2.75, 3.05) is 13.7 Å². The third-order valence-electron chi connectivity index (χ3n) is 5.47. The van der Waals surface area contributed by atoms with Crippen molar-refractivity contribution in [3.8, 4) is 11.4 Å². The zero-order valence-electron chi connectivity index (χ0n) is 16.6. The van der Waals surface area contributed by atoms with Crippen molar-refractivity contribution in [1.29, 1.82) is 0 Å². The van der Waals surface area contributed by atoms with E-state index < -0.39 is 0 Å². The van der Waals surface area contributed by atoms with Crippen molar-refractivity contribution >= 4 is 12.2 Å². The van der Waals surface area contributed by atoms with E-state index in [0.29, 0.717) is 12.7 Å². The molecule has 0 spiro atoms. The van der Waals surface area contributed by atoms with E-state index in [4.69, 9.17) is 22.1 Å². The number of likely N-dealkylation sites (tertiary alicyclic amines) is 1. The number of hydrogen-bond donors (Lipinski definition) is 0. The lowest BCUT2D eigenvalue weighted by atomic mass is 10.0. The highest BCUT2D eigenvalue weighted by atomic mass is 32.1. The van der Waals surface area contributed by atoms with Crippen molar-refractivity contribution in [2.45, 2.75) is 39.4 Å². The van der Waals surface area contributed by atoms with Gasteiger partial charge in [-0.05, 0) is 68.7 Å². The maximum Gasteiger partial charge on any atom is 0.203 e. The van der Waals surface area contributed by atoms with Gasteiger partial charge in [0.1, 0.15) is 11.6 Å². The molecule has 28 heavy (non-hydrogen) atoms. The fourth-order valence-corrected chi connectivity index (χ4v) is 4.31. The minimum absolute atomic E-state index is 0.387. The molecule has 0 radical (unpaired) electrons. The van der Waals surface area contributed by atoms with Crippen LogP contribution in [-0.2, 0) is 6.67 Å². The van der Waals surface area contributed by atoms with Gasteiger partial charge in [0, 0.05) is 18.3 Å². The summed E-state index contributed by atoms with van der Waals surface area (Å²) in [5, 5.41) is 4.74. The van der Waals surface area contributed by atoms with Gasteiger partial charge in [-0.1, -0.05) is 29.8 Å². The molecule has 0 aliphatic carbocycles. The summed E-state index contributed by atoms with van der Waals surface area (Å²) < 4.78 is 10.0. The Morgan fingerprint density at radius 2 is 1.79 bits per heavy atom. The van der Waals surface area contributed by atoms with Crippen molar-refractivity contribution < 1.29 is 4.74 Å². The fraction of sp³-hybridized carbons (Fsp3) is 0.364. The number of nitrogens with zero attached hydrogens (tertiary/aromatic N) is 4. The molecule has 2 heterocycles. The molecule has 0 saturated carbocycles. The third-order valence-corrected chi connectivity index (χ3v) is 5.87. The quantitative estimate of drug-likeness (QED) is 0.581. The topological polar surface area (TPSA) is 35.2 Å². The molecule has 0 unspecified atom stereocenters. The number of rotatable bonds is 5. The molecule has 1 saturated heterocycles. The minimum atomic E-state index is 0.387. The maximum absolute atomic E-state index is 5.77. The molecular weight excluding hydrogens is 368 g/mol. The first-order valence-electron chi connectivity index (χ1n) is 9.68. The first kappa shape index (κ1) is 18.9. The Morgan fingerprint density at radius 1 is 1.07 bits per heavy atom. The van der Waals surface area contributed by atoms with Crippen LogP contribution in [0.3, 0.4) is 0 Å². The number of benzene rings is 2. The molecule has 1 atom stereocenters. The summed E-state index contributed by atoms with van der Waals surface area (Å²) in [6.45, 7) is 5.85. The van der Waals surface area contributed by atoms with E-state index >= 15 is 0 Å². The van der Waals surface area contributed by atoms with Gasteiger partial charge in [-0.2, -0.15) is 5.10 Å². The molecule has 6 heteroatoms. The number of hydrogen-bond acceptors (Lipinski definition) is 4. The van der Waals surface area contributed by atoms with Gasteiger partial charge in [0.05, 0.1) is 13.8 Å². The highest BCUT2D eigenvalue weighted by Gasteiger charge is 2.27. The van der Waals surface area contributed by atoms with Crippen molar-refractivity contribution in [2.24, 2.45) is 0 Å². The monoisotopic (exact) mass is 394 g/mol. The number of methoxy groups -OCH3 is 1. The van der Waals surface area contributed by atoms with Crippen LogP contribution in [0.1, 0.15) is 35.8 Å². The summed E-state index contributed by atoms with van der Waals surface area (Å²) in [7, 11) is 1.70. The number of aryl methyl sites for hydroxylation is 2. The molecule has 0 amide bonds. The van der Waals surface area contributed by atoms with E-state index in [9.17, 15) is 0 Å². The summed E-state index contributed by atoms with van der Waals surface area (Å²) in [5.74, 6) is 1.80. The highest BCUT2D eigenvalue weighted by molar-refractivity contribution is 7.71. The molecule has 3 aromatic rings. The Hall–Kier alpha value is -2.44. The van der Waals surface area contributed by atoms with Gasteiger partial charge in [0.2, 0.25) is 4.77 Å². The van der Waals surface area contributed by atoms with Gasteiger partial charge in [-0.25, -0.2) is 4.68 Å². The SMILES string of the molecule is COc1ccc([C@H]2CCCN2Cn2nc(C)n(-c3ccc(C)cc3)c2=S)cc1. The Balaban J connectivity index is 1.59. The zero-order chi connectivity index (χ0) is 19.7. The maximum atomic E-state index is 5.77. The Kier molecular flexibility index (Phi) is 5.33. The standard InChI is InChI=1S/C22H26N4OS/c1-16-6-10-19(11-7-16)26-17(2)23-25(22(26)28)15-24-14-4-5-21(24)18-8-12-20(27-3)13-9-18/h6-13,21H,4-5,14-15H2,1-3H3/t21-/m1/s1. The van der Waals surface area contributed by atoms with Crippen molar-refractivity contribution in [3.63, 3.8) is 0 Å². The molecule has 1 aliphatic heterocycles. The van der Waals surface area contributed by atoms with Crippen LogP contribution < -0.4 is 4.74 Å². The molecular formula is C22H26N4OS. The first-order valence-corrected chi connectivity index (χ1v) is 10.1. The summed E-state index contributed by atoms with van der Waals surface area (Å²) in [5.41, 5.74) is 3.62. The molecule has 146 valence electrons. The second kappa shape index (κ2) is 7.89. The van der Waals surface area contributed by atoms with Crippen LogP contribution in [-0.4, -0.2) is 32.9 Å². The van der Waals surface area contributed by atoms with Crippen LogP contribution >= 0.6 is 12.2 Å².